The van der Waals surface area contributed by atoms with Crippen molar-refractivity contribution in [3.8, 4) is 5.75 Å². The number of methoxy groups -OCH3 is 1. The van der Waals surface area contributed by atoms with Gasteiger partial charge in [-0.3, -0.25) is 0 Å². The first-order valence-electron chi connectivity index (χ1n) is 5.52. The van der Waals surface area contributed by atoms with Crippen molar-refractivity contribution in [3.63, 3.8) is 0 Å². The number of nitrogens with two attached hydrogens (primary N) is 1. The topological polar surface area (TPSA) is 58.7 Å². The first-order valence-corrected chi connectivity index (χ1v) is 5.52. The molecular formula is C12H20N2O2. The minimum atomic E-state index is 0.122. The highest BCUT2D eigenvalue weighted by molar-refractivity contribution is 5.74. The molecule has 0 aliphatic rings. The smallest absolute Gasteiger partial charge is 0.143 e. The molecule has 1 aromatic rings. The lowest BCUT2D eigenvalue weighted by Crippen LogP contribution is -2.28. The van der Waals surface area contributed by atoms with Crippen LogP contribution < -0.4 is 15.4 Å². The van der Waals surface area contributed by atoms with E-state index in [4.69, 9.17) is 15.6 Å². The molecule has 90 valence electrons. The number of nitrogen functional groups attached to an aromatic ring is 1. The average molecular weight is 224 g/mol. The first-order chi connectivity index (χ1) is 7.74. The van der Waals surface area contributed by atoms with Crippen molar-refractivity contribution in [1.29, 1.82) is 0 Å². The highest BCUT2D eigenvalue weighted by atomic mass is 16.5. The molecular weight excluding hydrogens is 204 g/mol. The van der Waals surface area contributed by atoms with Crippen LogP contribution in [0.1, 0.15) is 13.3 Å². The highest BCUT2D eigenvalue weighted by Crippen LogP contribution is 2.31. The molecule has 0 unspecified atom stereocenters. The van der Waals surface area contributed by atoms with Gasteiger partial charge >= 0.3 is 0 Å². The summed E-state index contributed by atoms with van der Waals surface area (Å²) < 4.78 is 5.18. The van der Waals surface area contributed by atoms with Crippen LogP contribution in [0, 0.1) is 0 Å². The average Bonchev–Trinajstić information content (AvgIpc) is 2.29. The van der Waals surface area contributed by atoms with Crippen molar-refractivity contribution >= 4 is 11.4 Å². The summed E-state index contributed by atoms with van der Waals surface area (Å²) in [6.45, 7) is 3.68. The number of hydrogen-bond acceptors (Lipinski definition) is 4. The van der Waals surface area contributed by atoms with E-state index in [0.29, 0.717) is 18.0 Å². The Morgan fingerprint density at radius 1 is 1.38 bits per heavy atom. The largest absolute Gasteiger partial charge is 0.495 e. The summed E-state index contributed by atoms with van der Waals surface area (Å²) in [6.07, 6.45) is 1.01. The van der Waals surface area contributed by atoms with Gasteiger partial charge in [-0.05, 0) is 18.6 Å². The zero-order valence-electron chi connectivity index (χ0n) is 9.94. The lowest BCUT2D eigenvalue weighted by Gasteiger charge is -2.25. The van der Waals surface area contributed by atoms with E-state index >= 15 is 0 Å². The van der Waals surface area contributed by atoms with Gasteiger partial charge in [0.2, 0.25) is 0 Å². The molecule has 0 atom stereocenters. The Labute approximate surface area is 96.6 Å². The molecule has 0 bridgehead atoms. The van der Waals surface area contributed by atoms with Gasteiger partial charge in [-0.1, -0.05) is 13.0 Å². The fourth-order valence-corrected chi connectivity index (χ4v) is 1.73. The summed E-state index contributed by atoms with van der Waals surface area (Å²) in [6, 6.07) is 5.69. The van der Waals surface area contributed by atoms with Crippen molar-refractivity contribution in [2.24, 2.45) is 0 Å². The predicted molar refractivity (Wildman–Crippen MR) is 67.0 cm³/mol. The summed E-state index contributed by atoms with van der Waals surface area (Å²) in [4.78, 5) is 2.07. The predicted octanol–water partition coefficient (Wildman–Crippen LogP) is 1.49. The van der Waals surface area contributed by atoms with Crippen molar-refractivity contribution < 1.29 is 9.84 Å². The summed E-state index contributed by atoms with van der Waals surface area (Å²) >= 11 is 0. The number of anilines is 2. The Morgan fingerprint density at radius 3 is 2.69 bits per heavy atom. The molecule has 0 heterocycles. The lowest BCUT2D eigenvalue weighted by atomic mass is 10.2. The van der Waals surface area contributed by atoms with Crippen LogP contribution in [0.2, 0.25) is 0 Å². The number of aliphatic hydroxyl groups excluding tert-OH is 1. The number of rotatable bonds is 6. The van der Waals surface area contributed by atoms with E-state index in [1.165, 1.54) is 0 Å². The van der Waals surface area contributed by atoms with Crippen LogP contribution in [-0.4, -0.2) is 31.9 Å². The van der Waals surface area contributed by atoms with Crippen LogP contribution in [0.4, 0.5) is 11.4 Å². The molecule has 4 heteroatoms. The van der Waals surface area contributed by atoms with Gasteiger partial charge in [0.15, 0.2) is 0 Å². The van der Waals surface area contributed by atoms with Gasteiger partial charge in [0.1, 0.15) is 5.75 Å². The second-order valence-electron chi connectivity index (χ2n) is 3.60. The van der Waals surface area contributed by atoms with Gasteiger partial charge in [0.05, 0.1) is 25.1 Å². The molecule has 0 radical (unpaired) electrons. The fourth-order valence-electron chi connectivity index (χ4n) is 1.73. The van der Waals surface area contributed by atoms with Gasteiger partial charge < -0.3 is 20.5 Å². The molecule has 0 spiro atoms. The summed E-state index contributed by atoms with van der Waals surface area (Å²) in [5, 5.41) is 9.03. The van der Waals surface area contributed by atoms with E-state index in [2.05, 4.69) is 11.8 Å². The third-order valence-electron chi connectivity index (χ3n) is 2.47. The standard InChI is InChI=1S/C12H20N2O2/c1-3-7-14(8-9-15)10-5-4-6-11(16-2)12(10)13/h4-6,15H,3,7-9,13H2,1-2H3. The molecule has 0 aromatic heterocycles. The Kier molecular flexibility index (Phi) is 4.92. The van der Waals surface area contributed by atoms with E-state index in [1.807, 2.05) is 18.2 Å². The monoisotopic (exact) mass is 224 g/mol. The van der Waals surface area contributed by atoms with Crippen LogP contribution in [0.5, 0.6) is 5.75 Å². The number of hydrogen-bond donors (Lipinski definition) is 2. The zero-order chi connectivity index (χ0) is 12.0. The normalized spacial score (nSPS) is 10.2. The van der Waals surface area contributed by atoms with E-state index in [-0.39, 0.29) is 6.61 Å². The first kappa shape index (κ1) is 12.6. The molecule has 0 aliphatic carbocycles. The molecule has 0 saturated heterocycles. The summed E-state index contributed by atoms with van der Waals surface area (Å²) in [7, 11) is 1.60. The maximum atomic E-state index is 9.03. The molecule has 0 aliphatic heterocycles. The summed E-state index contributed by atoms with van der Waals surface area (Å²) in [5.41, 5.74) is 7.56. The van der Waals surface area contributed by atoms with Crippen LogP contribution in [0.15, 0.2) is 18.2 Å². The van der Waals surface area contributed by atoms with E-state index in [1.54, 1.807) is 7.11 Å². The van der Waals surface area contributed by atoms with Crippen LogP contribution >= 0.6 is 0 Å². The SMILES string of the molecule is CCCN(CCO)c1cccc(OC)c1N. The van der Waals surface area contributed by atoms with Crippen molar-refractivity contribution in [1.82, 2.24) is 0 Å². The molecule has 1 rings (SSSR count). The summed E-state index contributed by atoms with van der Waals surface area (Å²) in [5.74, 6) is 0.677. The molecule has 0 saturated carbocycles. The zero-order valence-corrected chi connectivity index (χ0v) is 9.94. The van der Waals surface area contributed by atoms with E-state index < -0.39 is 0 Å². The Balaban J connectivity index is 2.98. The third-order valence-corrected chi connectivity index (χ3v) is 2.47. The van der Waals surface area contributed by atoms with Gasteiger partial charge in [-0.15, -0.1) is 0 Å². The van der Waals surface area contributed by atoms with Crippen LogP contribution in [0.25, 0.3) is 0 Å². The quantitative estimate of drug-likeness (QED) is 0.719. The maximum absolute atomic E-state index is 9.03. The Hall–Kier alpha value is -1.42. The molecule has 3 N–H and O–H groups in total. The number of ether oxygens (including phenoxy) is 1. The molecule has 4 nitrogen and oxygen atoms in total. The number of para-hydroxylation sites is 1. The third kappa shape index (κ3) is 2.79. The van der Waals surface area contributed by atoms with Gasteiger partial charge in [-0.2, -0.15) is 0 Å². The van der Waals surface area contributed by atoms with Gasteiger partial charge in [0, 0.05) is 13.1 Å². The minimum Gasteiger partial charge on any atom is -0.495 e. The molecule has 0 amide bonds. The fraction of sp³-hybridized carbons (Fsp3) is 0.500. The molecule has 0 fully saturated rings. The second-order valence-corrected chi connectivity index (χ2v) is 3.60. The number of aliphatic hydroxyl groups is 1. The Bertz CT molecular complexity index is 323. The minimum absolute atomic E-state index is 0.122. The van der Waals surface area contributed by atoms with Crippen molar-refractivity contribution in [2.45, 2.75) is 13.3 Å². The van der Waals surface area contributed by atoms with Gasteiger partial charge in [-0.25, -0.2) is 0 Å². The number of nitrogens with zero attached hydrogens (tertiary/aromatic N) is 1. The highest BCUT2D eigenvalue weighted by Gasteiger charge is 2.11. The lowest BCUT2D eigenvalue weighted by molar-refractivity contribution is 0.302. The number of benzene rings is 1. The molecule has 16 heavy (non-hydrogen) atoms. The van der Waals surface area contributed by atoms with E-state index in [0.717, 1.165) is 18.7 Å². The van der Waals surface area contributed by atoms with E-state index in [9.17, 15) is 0 Å². The molecule has 1 aromatic carbocycles. The van der Waals surface area contributed by atoms with Crippen LogP contribution in [0.3, 0.4) is 0 Å². The van der Waals surface area contributed by atoms with Crippen molar-refractivity contribution in [2.75, 3.05) is 37.4 Å². The van der Waals surface area contributed by atoms with Crippen LogP contribution in [-0.2, 0) is 0 Å². The maximum Gasteiger partial charge on any atom is 0.143 e. The van der Waals surface area contributed by atoms with Crippen molar-refractivity contribution in [3.05, 3.63) is 18.2 Å². The second kappa shape index (κ2) is 6.23. The Morgan fingerprint density at radius 2 is 2.12 bits per heavy atom. The van der Waals surface area contributed by atoms with Gasteiger partial charge in [0.25, 0.3) is 0 Å².